The number of aromatic nitrogens is 2. The van der Waals surface area contributed by atoms with Crippen molar-refractivity contribution in [3.63, 3.8) is 0 Å². The van der Waals surface area contributed by atoms with Crippen molar-refractivity contribution >= 4 is 5.95 Å². The van der Waals surface area contributed by atoms with E-state index in [1.54, 1.807) is 0 Å². The highest BCUT2D eigenvalue weighted by atomic mass is 15.2. The van der Waals surface area contributed by atoms with Crippen LogP contribution in [0.5, 0.6) is 0 Å². The van der Waals surface area contributed by atoms with Crippen LogP contribution in [-0.2, 0) is 0 Å². The molecule has 24 heavy (non-hydrogen) atoms. The number of aryl methyl sites for hydroxylation is 1. The summed E-state index contributed by atoms with van der Waals surface area (Å²) in [6, 6.07) is 0. The minimum absolute atomic E-state index is 0.497. The third-order valence-corrected chi connectivity index (χ3v) is 6.05. The third kappa shape index (κ3) is 4.70. The lowest BCUT2D eigenvalue weighted by atomic mass is 9.69. The molecule has 3 heteroatoms. The maximum atomic E-state index is 4.50. The number of hydrogen-bond donors (Lipinski definition) is 0. The molecule has 0 amide bonds. The summed E-state index contributed by atoms with van der Waals surface area (Å²) in [6.07, 6.45) is 13.8. The summed E-state index contributed by atoms with van der Waals surface area (Å²) in [7, 11) is 0. The fourth-order valence-corrected chi connectivity index (χ4v) is 4.85. The average Bonchev–Trinajstić information content (AvgIpc) is 2.55. The van der Waals surface area contributed by atoms with E-state index in [0.29, 0.717) is 5.41 Å². The fraction of sp³-hybridized carbons (Fsp3) is 0.810. The molecule has 0 N–H and O–H groups in total. The number of rotatable bonds is 3. The van der Waals surface area contributed by atoms with E-state index in [2.05, 4.69) is 35.6 Å². The van der Waals surface area contributed by atoms with Crippen LogP contribution in [0.1, 0.15) is 71.3 Å². The van der Waals surface area contributed by atoms with Gasteiger partial charge in [0, 0.05) is 25.5 Å². The van der Waals surface area contributed by atoms with E-state index in [-0.39, 0.29) is 0 Å². The zero-order valence-electron chi connectivity index (χ0n) is 16.1. The molecule has 1 saturated heterocycles. The number of nitrogens with zero attached hydrogens (tertiary/aromatic N) is 3. The molecule has 0 aromatic carbocycles. The van der Waals surface area contributed by atoms with E-state index in [9.17, 15) is 0 Å². The Morgan fingerprint density at radius 3 is 2.00 bits per heavy atom. The van der Waals surface area contributed by atoms with Crippen molar-refractivity contribution in [2.24, 2.45) is 23.2 Å². The van der Waals surface area contributed by atoms with Crippen LogP contribution in [0.3, 0.4) is 0 Å². The van der Waals surface area contributed by atoms with Gasteiger partial charge < -0.3 is 4.90 Å². The smallest absolute Gasteiger partial charge is 0.225 e. The van der Waals surface area contributed by atoms with Gasteiger partial charge in [0.2, 0.25) is 5.95 Å². The lowest BCUT2D eigenvalue weighted by Gasteiger charge is -2.40. The van der Waals surface area contributed by atoms with Gasteiger partial charge in [-0.15, -0.1) is 0 Å². The van der Waals surface area contributed by atoms with Gasteiger partial charge in [0.15, 0.2) is 0 Å². The Hall–Kier alpha value is -1.12. The monoisotopic (exact) mass is 329 g/mol. The Morgan fingerprint density at radius 2 is 1.46 bits per heavy atom. The first kappa shape index (κ1) is 17.7. The zero-order chi connectivity index (χ0) is 17.2. The second-order valence-electron chi connectivity index (χ2n) is 9.43. The largest absolute Gasteiger partial charge is 0.341 e. The molecule has 0 atom stereocenters. The van der Waals surface area contributed by atoms with Crippen LogP contribution in [0.2, 0.25) is 0 Å². The topological polar surface area (TPSA) is 29.0 Å². The predicted octanol–water partition coefficient (Wildman–Crippen LogP) is 5.24. The molecular weight excluding hydrogens is 294 g/mol. The van der Waals surface area contributed by atoms with Crippen LogP contribution in [0.4, 0.5) is 5.95 Å². The summed E-state index contributed by atoms with van der Waals surface area (Å²) in [4.78, 5) is 11.4. The molecule has 3 rings (SSSR count). The Labute approximate surface area is 148 Å². The van der Waals surface area contributed by atoms with Gasteiger partial charge in [-0.3, -0.25) is 0 Å². The molecule has 3 nitrogen and oxygen atoms in total. The maximum Gasteiger partial charge on any atom is 0.225 e. The maximum absolute atomic E-state index is 4.50. The Bertz CT molecular complexity index is 501. The summed E-state index contributed by atoms with van der Waals surface area (Å²) in [5.41, 5.74) is 1.64. The fourth-order valence-electron chi connectivity index (χ4n) is 4.85. The molecule has 1 aliphatic heterocycles. The van der Waals surface area contributed by atoms with Crippen molar-refractivity contribution in [1.29, 1.82) is 0 Å². The van der Waals surface area contributed by atoms with Crippen molar-refractivity contribution in [2.75, 3.05) is 18.0 Å². The van der Waals surface area contributed by atoms with E-state index in [4.69, 9.17) is 0 Å². The lowest BCUT2D eigenvalue weighted by Crippen LogP contribution is -2.38. The average molecular weight is 330 g/mol. The third-order valence-electron chi connectivity index (χ3n) is 6.05. The van der Waals surface area contributed by atoms with Gasteiger partial charge in [0.25, 0.3) is 0 Å². The summed E-state index contributed by atoms with van der Waals surface area (Å²) < 4.78 is 0. The van der Waals surface area contributed by atoms with Crippen molar-refractivity contribution in [3.05, 3.63) is 18.0 Å². The molecule has 2 fully saturated rings. The molecule has 134 valence electrons. The minimum Gasteiger partial charge on any atom is -0.341 e. The second kappa shape index (κ2) is 7.41. The molecule has 1 aromatic rings. The predicted molar refractivity (Wildman–Crippen MR) is 101 cm³/mol. The Morgan fingerprint density at radius 1 is 0.917 bits per heavy atom. The van der Waals surface area contributed by atoms with Gasteiger partial charge in [0.1, 0.15) is 0 Å². The van der Waals surface area contributed by atoms with Gasteiger partial charge >= 0.3 is 0 Å². The Kier molecular flexibility index (Phi) is 5.46. The van der Waals surface area contributed by atoms with Gasteiger partial charge in [-0.25, -0.2) is 9.97 Å². The summed E-state index contributed by atoms with van der Waals surface area (Å²) in [5.74, 6) is 3.81. The molecule has 0 unspecified atom stereocenters. The number of hydrogen-bond acceptors (Lipinski definition) is 3. The highest BCUT2D eigenvalue weighted by molar-refractivity contribution is 5.30. The number of piperidine rings is 1. The highest BCUT2D eigenvalue weighted by Gasteiger charge is 2.31. The zero-order valence-corrected chi connectivity index (χ0v) is 16.1. The molecule has 2 heterocycles. The van der Waals surface area contributed by atoms with Crippen molar-refractivity contribution in [1.82, 2.24) is 9.97 Å². The van der Waals surface area contributed by atoms with Gasteiger partial charge in [-0.1, -0.05) is 33.6 Å². The van der Waals surface area contributed by atoms with Crippen LogP contribution in [0.15, 0.2) is 12.4 Å². The van der Waals surface area contributed by atoms with E-state index >= 15 is 0 Å². The normalized spacial score (nSPS) is 26.6. The quantitative estimate of drug-likeness (QED) is 0.759. The van der Waals surface area contributed by atoms with Gasteiger partial charge in [-0.05, 0) is 67.8 Å². The van der Waals surface area contributed by atoms with E-state index in [1.165, 1.54) is 44.9 Å². The molecule has 1 aliphatic carbocycles. The van der Waals surface area contributed by atoms with E-state index in [1.807, 2.05) is 19.3 Å². The lowest BCUT2D eigenvalue weighted by molar-refractivity contribution is 0.152. The first-order valence-electron chi connectivity index (χ1n) is 9.94. The van der Waals surface area contributed by atoms with Crippen molar-refractivity contribution in [2.45, 2.75) is 72.6 Å². The molecule has 0 spiro atoms. The summed E-state index contributed by atoms with van der Waals surface area (Å²) in [6.45, 7) is 11.5. The van der Waals surface area contributed by atoms with Gasteiger partial charge in [0.05, 0.1) is 0 Å². The first-order valence-corrected chi connectivity index (χ1v) is 9.94. The van der Waals surface area contributed by atoms with Crippen LogP contribution < -0.4 is 4.90 Å². The molecule has 0 radical (unpaired) electrons. The van der Waals surface area contributed by atoms with Crippen molar-refractivity contribution in [3.8, 4) is 0 Å². The Balaban J connectivity index is 1.45. The number of anilines is 1. The summed E-state index contributed by atoms with van der Waals surface area (Å²) in [5, 5.41) is 0. The second-order valence-corrected chi connectivity index (χ2v) is 9.43. The van der Waals surface area contributed by atoms with E-state index in [0.717, 1.165) is 42.4 Å². The van der Waals surface area contributed by atoms with E-state index < -0.39 is 0 Å². The molecule has 0 bridgehead atoms. The van der Waals surface area contributed by atoms with Crippen LogP contribution in [-0.4, -0.2) is 23.1 Å². The van der Waals surface area contributed by atoms with Gasteiger partial charge in [-0.2, -0.15) is 0 Å². The molecular formula is C21H35N3. The van der Waals surface area contributed by atoms with Crippen LogP contribution in [0, 0.1) is 30.1 Å². The SMILES string of the molecule is Cc1cnc(N2CCC(C3CCC(CC(C)(C)C)CC3)CC2)nc1. The van der Waals surface area contributed by atoms with Crippen LogP contribution in [0.25, 0.3) is 0 Å². The molecule has 2 aliphatic rings. The van der Waals surface area contributed by atoms with Crippen LogP contribution >= 0.6 is 0 Å². The first-order chi connectivity index (χ1) is 11.4. The minimum atomic E-state index is 0.497. The summed E-state index contributed by atoms with van der Waals surface area (Å²) >= 11 is 0. The molecule has 1 saturated carbocycles. The molecule has 1 aromatic heterocycles. The highest BCUT2D eigenvalue weighted by Crippen LogP contribution is 2.41. The standard InChI is InChI=1S/C21H35N3/c1-16-14-22-20(23-15-16)24-11-9-19(10-12-24)18-7-5-17(6-8-18)13-21(2,3)4/h14-15,17-19H,5-13H2,1-4H3. The van der Waals surface area contributed by atoms with Crippen molar-refractivity contribution < 1.29 is 0 Å².